The van der Waals surface area contributed by atoms with E-state index in [-0.39, 0.29) is 34.4 Å². The van der Waals surface area contributed by atoms with E-state index in [0.29, 0.717) is 22.4 Å². The average molecular weight is 336 g/mol. The first kappa shape index (κ1) is 16.0. The van der Waals surface area contributed by atoms with Crippen molar-refractivity contribution in [2.75, 3.05) is 0 Å². The lowest BCUT2D eigenvalue weighted by molar-refractivity contribution is 0.529. The zero-order valence-electron chi connectivity index (χ0n) is 13.8. The second-order valence-corrected chi connectivity index (χ2v) is 6.71. The predicted molar refractivity (Wildman–Crippen MR) is 89.5 cm³/mol. The number of imidazole rings is 1. The van der Waals surface area contributed by atoms with Gasteiger partial charge in [0.25, 0.3) is 0 Å². The van der Waals surface area contributed by atoms with Crippen molar-refractivity contribution in [2.45, 2.75) is 46.5 Å². The summed E-state index contributed by atoms with van der Waals surface area (Å²) in [6.07, 6.45) is 0. The molecule has 2 aromatic heterocycles. The summed E-state index contributed by atoms with van der Waals surface area (Å²) in [6, 6.07) is 1.75. The summed E-state index contributed by atoms with van der Waals surface area (Å²) in [4.78, 5) is 11.7. The number of halogens is 2. The van der Waals surface area contributed by atoms with Crippen LogP contribution in [0.4, 0.5) is 4.39 Å². The van der Waals surface area contributed by atoms with E-state index in [2.05, 4.69) is 15.0 Å². The molecule has 0 saturated heterocycles. The third kappa shape index (κ3) is 2.63. The minimum atomic E-state index is -0.354. The molecule has 3 rings (SSSR count). The van der Waals surface area contributed by atoms with Gasteiger partial charge in [0.15, 0.2) is 0 Å². The van der Waals surface area contributed by atoms with Crippen LogP contribution in [0, 0.1) is 12.7 Å². The molecule has 0 aliphatic carbocycles. The molecule has 0 radical (unpaired) electrons. The Labute approximate surface area is 139 Å². The third-order valence-corrected chi connectivity index (χ3v) is 4.11. The van der Waals surface area contributed by atoms with Crippen LogP contribution in [0.1, 0.15) is 56.5 Å². The Morgan fingerprint density at radius 1 is 1.17 bits per heavy atom. The molecule has 0 spiro atoms. The van der Waals surface area contributed by atoms with Crippen molar-refractivity contribution in [1.29, 1.82) is 0 Å². The molecule has 0 atom stereocenters. The van der Waals surface area contributed by atoms with E-state index in [1.807, 2.05) is 34.6 Å². The molecule has 0 bridgehead atoms. The SMILES string of the molecule is Cc1oc(-c2c(F)c(C(C)C)cc3[nH]c(Cl)nc23)nc1C(C)C. The average Bonchev–Trinajstić information content (AvgIpc) is 3.00. The van der Waals surface area contributed by atoms with Crippen molar-refractivity contribution in [3.05, 3.63) is 34.2 Å². The number of nitrogens with one attached hydrogen (secondary N) is 1. The lowest BCUT2D eigenvalue weighted by atomic mass is 9.98. The number of benzene rings is 1. The molecule has 0 saturated carbocycles. The van der Waals surface area contributed by atoms with Gasteiger partial charge in [-0.2, -0.15) is 0 Å². The maximum Gasteiger partial charge on any atom is 0.231 e. The van der Waals surface area contributed by atoms with E-state index in [1.165, 1.54) is 0 Å². The van der Waals surface area contributed by atoms with E-state index in [4.69, 9.17) is 16.0 Å². The summed E-state index contributed by atoms with van der Waals surface area (Å²) in [6.45, 7) is 9.76. The quantitative estimate of drug-likeness (QED) is 0.681. The minimum absolute atomic E-state index is 0.0147. The Morgan fingerprint density at radius 2 is 1.87 bits per heavy atom. The van der Waals surface area contributed by atoms with Gasteiger partial charge in [0.2, 0.25) is 11.2 Å². The first-order valence-corrected chi connectivity index (χ1v) is 8.02. The van der Waals surface area contributed by atoms with E-state index in [0.717, 1.165) is 5.69 Å². The molecular weight excluding hydrogens is 317 g/mol. The molecule has 0 amide bonds. The lowest BCUT2D eigenvalue weighted by Crippen LogP contribution is -1.98. The number of H-pyrrole nitrogens is 1. The molecule has 0 unspecified atom stereocenters. The van der Waals surface area contributed by atoms with Gasteiger partial charge in [-0.05, 0) is 42.0 Å². The van der Waals surface area contributed by atoms with Crippen LogP contribution in [0.15, 0.2) is 10.5 Å². The number of nitrogens with zero attached hydrogens (tertiary/aromatic N) is 2. The number of rotatable bonds is 3. The molecule has 4 nitrogen and oxygen atoms in total. The first-order valence-electron chi connectivity index (χ1n) is 7.64. The Morgan fingerprint density at radius 3 is 2.43 bits per heavy atom. The van der Waals surface area contributed by atoms with Gasteiger partial charge in [0, 0.05) is 0 Å². The van der Waals surface area contributed by atoms with Crippen molar-refractivity contribution in [3.63, 3.8) is 0 Å². The van der Waals surface area contributed by atoms with Gasteiger partial charge in [-0.15, -0.1) is 0 Å². The highest BCUT2D eigenvalue weighted by Gasteiger charge is 2.24. The Kier molecular flexibility index (Phi) is 3.92. The van der Waals surface area contributed by atoms with Crippen LogP contribution < -0.4 is 0 Å². The van der Waals surface area contributed by atoms with Crippen LogP contribution in [-0.2, 0) is 0 Å². The van der Waals surface area contributed by atoms with Crippen LogP contribution in [0.25, 0.3) is 22.5 Å². The molecule has 0 aliphatic heterocycles. The van der Waals surface area contributed by atoms with Gasteiger partial charge in [-0.25, -0.2) is 14.4 Å². The van der Waals surface area contributed by atoms with Gasteiger partial charge in [-0.1, -0.05) is 27.7 Å². The van der Waals surface area contributed by atoms with Crippen LogP contribution >= 0.6 is 11.6 Å². The van der Waals surface area contributed by atoms with Crippen LogP contribution in [0.3, 0.4) is 0 Å². The molecule has 6 heteroatoms. The Bertz CT molecular complexity index is 880. The maximum absolute atomic E-state index is 15.1. The van der Waals surface area contributed by atoms with E-state index in [1.54, 1.807) is 6.07 Å². The van der Waals surface area contributed by atoms with Crippen LogP contribution in [-0.4, -0.2) is 15.0 Å². The summed E-state index contributed by atoms with van der Waals surface area (Å²) in [5.41, 5.74) is 2.79. The van der Waals surface area contributed by atoms with Crippen LogP contribution in [0.2, 0.25) is 5.28 Å². The molecule has 0 aliphatic rings. The molecule has 1 aromatic carbocycles. The highest BCUT2D eigenvalue weighted by Crippen LogP contribution is 2.36. The monoisotopic (exact) mass is 335 g/mol. The summed E-state index contributed by atoms with van der Waals surface area (Å²) in [5, 5.41) is 0.217. The third-order valence-electron chi connectivity index (χ3n) is 3.93. The van der Waals surface area contributed by atoms with E-state index in [9.17, 15) is 0 Å². The van der Waals surface area contributed by atoms with Crippen molar-refractivity contribution < 1.29 is 8.81 Å². The fourth-order valence-electron chi connectivity index (χ4n) is 2.78. The predicted octanol–water partition coefficient (Wildman–Crippen LogP) is 5.57. The van der Waals surface area contributed by atoms with Gasteiger partial charge in [0.05, 0.1) is 11.2 Å². The zero-order valence-corrected chi connectivity index (χ0v) is 14.5. The number of hydrogen-bond acceptors (Lipinski definition) is 3. The van der Waals surface area contributed by atoms with E-state index < -0.39 is 0 Å². The summed E-state index contributed by atoms with van der Waals surface area (Å²) in [7, 11) is 0. The fourth-order valence-corrected chi connectivity index (χ4v) is 2.97. The summed E-state index contributed by atoms with van der Waals surface area (Å²) >= 11 is 5.97. The van der Waals surface area contributed by atoms with E-state index >= 15 is 4.39 Å². The topological polar surface area (TPSA) is 54.7 Å². The standard InChI is InChI=1S/C17H19ClFN3O/c1-7(2)10-6-11-15(22-17(18)20-11)12(13(10)19)16-21-14(8(3)4)9(5)23-16/h6-8H,1-5H3,(H,20,22). The minimum Gasteiger partial charge on any atom is -0.441 e. The van der Waals surface area contributed by atoms with Crippen molar-refractivity contribution in [3.8, 4) is 11.5 Å². The number of fused-ring (bicyclic) bond motifs is 1. The summed E-state index contributed by atoms with van der Waals surface area (Å²) < 4.78 is 20.8. The summed E-state index contributed by atoms with van der Waals surface area (Å²) in [5.74, 6) is 0.800. The number of oxazole rings is 1. The number of aromatic amines is 1. The maximum atomic E-state index is 15.1. The van der Waals surface area contributed by atoms with Gasteiger partial charge in [0.1, 0.15) is 22.7 Å². The molecule has 1 N–H and O–H groups in total. The first-order chi connectivity index (χ1) is 10.8. The highest BCUT2D eigenvalue weighted by atomic mass is 35.5. The molecule has 23 heavy (non-hydrogen) atoms. The second kappa shape index (κ2) is 5.64. The molecular formula is C17H19ClFN3O. The van der Waals surface area contributed by atoms with Crippen molar-refractivity contribution >= 4 is 22.6 Å². The second-order valence-electron chi connectivity index (χ2n) is 6.35. The molecule has 2 heterocycles. The zero-order chi connectivity index (χ0) is 16.9. The largest absolute Gasteiger partial charge is 0.441 e. The van der Waals surface area contributed by atoms with Crippen LogP contribution in [0.5, 0.6) is 0 Å². The Hall–Kier alpha value is -1.88. The van der Waals surface area contributed by atoms with Crippen molar-refractivity contribution in [1.82, 2.24) is 15.0 Å². The smallest absolute Gasteiger partial charge is 0.231 e. The lowest BCUT2D eigenvalue weighted by Gasteiger charge is -2.10. The number of hydrogen-bond donors (Lipinski definition) is 1. The molecule has 3 aromatic rings. The highest BCUT2D eigenvalue weighted by molar-refractivity contribution is 6.29. The van der Waals surface area contributed by atoms with Gasteiger partial charge in [-0.3, -0.25) is 0 Å². The molecule has 0 fully saturated rings. The normalized spacial score (nSPS) is 12.0. The number of aromatic nitrogens is 3. The van der Waals surface area contributed by atoms with Gasteiger partial charge >= 0.3 is 0 Å². The Balaban J connectivity index is 2.35. The number of aryl methyl sites for hydroxylation is 1. The molecule has 122 valence electrons. The van der Waals surface area contributed by atoms with Crippen molar-refractivity contribution in [2.24, 2.45) is 0 Å². The fraction of sp³-hybridized carbons (Fsp3) is 0.412. The van der Waals surface area contributed by atoms with Gasteiger partial charge < -0.3 is 9.40 Å².